The van der Waals surface area contributed by atoms with Gasteiger partial charge in [0.1, 0.15) is 11.9 Å². The summed E-state index contributed by atoms with van der Waals surface area (Å²) >= 11 is 0. The van der Waals surface area contributed by atoms with Gasteiger partial charge in [-0.1, -0.05) is 73.7 Å². The molecule has 1 N–H and O–H groups in total. The van der Waals surface area contributed by atoms with E-state index in [1.165, 1.54) is 17.7 Å². The Labute approximate surface area is 201 Å². The zero-order valence-corrected chi connectivity index (χ0v) is 20.0. The first-order valence-electron chi connectivity index (χ1n) is 11.9. The van der Waals surface area contributed by atoms with E-state index in [-0.39, 0.29) is 30.6 Å². The highest BCUT2D eigenvalue weighted by Crippen LogP contribution is 2.17. The van der Waals surface area contributed by atoms with Gasteiger partial charge in [0, 0.05) is 25.9 Å². The zero-order valence-electron chi connectivity index (χ0n) is 20.0. The van der Waals surface area contributed by atoms with Gasteiger partial charge in [0.2, 0.25) is 11.8 Å². The molecule has 5 heteroatoms. The van der Waals surface area contributed by atoms with Crippen LogP contribution in [0.2, 0.25) is 0 Å². The Hall–Kier alpha value is -3.47. The van der Waals surface area contributed by atoms with Crippen molar-refractivity contribution in [3.05, 3.63) is 107 Å². The first kappa shape index (κ1) is 25.2. The Kier molecular flexibility index (Phi) is 9.39. The minimum atomic E-state index is -0.664. The minimum Gasteiger partial charge on any atom is -0.355 e. The van der Waals surface area contributed by atoms with Crippen LogP contribution in [0.4, 0.5) is 4.39 Å². The maximum absolute atomic E-state index is 13.5. The molecule has 0 aliphatic rings. The van der Waals surface area contributed by atoms with E-state index in [4.69, 9.17) is 0 Å². The number of benzene rings is 3. The molecule has 1 atom stereocenters. The Morgan fingerprint density at radius 1 is 0.824 bits per heavy atom. The van der Waals surface area contributed by atoms with Gasteiger partial charge >= 0.3 is 0 Å². The Morgan fingerprint density at radius 2 is 1.44 bits per heavy atom. The van der Waals surface area contributed by atoms with Gasteiger partial charge in [0.25, 0.3) is 0 Å². The monoisotopic (exact) mass is 460 g/mol. The summed E-state index contributed by atoms with van der Waals surface area (Å²) in [6.07, 6.45) is 2.26. The van der Waals surface area contributed by atoms with Crippen molar-refractivity contribution in [3.8, 4) is 0 Å². The van der Waals surface area contributed by atoms with Gasteiger partial charge in [-0.25, -0.2) is 4.39 Å². The molecular weight excluding hydrogens is 427 g/mol. The van der Waals surface area contributed by atoms with Crippen LogP contribution in [0.3, 0.4) is 0 Å². The lowest BCUT2D eigenvalue weighted by molar-refractivity contribution is -0.141. The fraction of sp³-hybridized carbons (Fsp3) is 0.310. The molecule has 4 nitrogen and oxygen atoms in total. The number of aryl methyl sites for hydroxylation is 2. The molecule has 0 saturated carbocycles. The molecule has 0 aliphatic heterocycles. The number of rotatable bonds is 11. The first-order chi connectivity index (χ1) is 16.5. The summed E-state index contributed by atoms with van der Waals surface area (Å²) in [4.78, 5) is 28.3. The van der Waals surface area contributed by atoms with Crippen molar-refractivity contribution in [1.82, 2.24) is 10.2 Å². The molecule has 0 saturated heterocycles. The topological polar surface area (TPSA) is 49.4 Å². The molecule has 0 radical (unpaired) electrons. The first-order valence-corrected chi connectivity index (χ1v) is 11.9. The lowest BCUT2D eigenvalue weighted by Gasteiger charge is -2.31. The summed E-state index contributed by atoms with van der Waals surface area (Å²) < 4.78 is 13.5. The third-order valence-electron chi connectivity index (χ3n) is 5.95. The van der Waals surface area contributed by atoms with E-state index >= 15 is 0 Å². The van der Waals surface area contributed by atoms with Crippen LogP contribution in [-0.4, -0.2) is 29.3 Å². The van der Waals surface area contributed by atoms with Gasteiger partial charge in [-0.3, -0.25) is 9.59 Å². The number of likely N-dealkylation sites (N-methyl/N-ethyl adjacent to an activating group) is 1. The number of nitrogens with zero attached hydrogens (tertiary/aromatic N) is 1. The highest BCUT2D eigenvalue weighted by Gasteiger charge is 2.29. The number of hydrogen-bond donors (Lipinski definition) is 1. The van der Waals surface area contributed by atoms with Crippen LogP contribution in [0, 0.1) is 5.82 Å². The predicted octanol–water partition coefficient (Wildman–Crippen LogP) is 5.10. The Morgan fingerprint density at radius 3 is 2.06 bits per heavy atom. The molecule has 0 bridgehead atoms. The second-order valence-electron chi connectivity index (χ2n) is 8.42. The largest absolute Gasteiger partial charge is 0.355 e. The molecule has 178 valence electrons. The molecule has 0 heterocycles. The highest BCUT2D eigenvalue weighted by atomic mass is 19.1. The number of amides is 2. The molecule has 0 spiro atoms. The summed E-state index contributed by atoms with van der Waals surface area (Å²) in [5.74, 6) is -0.619. The van der Waals surface area contributed by atoms with Crippen molar-refractivity contribution < 1.29 is 14.0 Å². The quantitative estimate of drug-likeness (QED) is 0.433. The van der Waals surface area contributed by atoms with Crippen LogP contribution in [-0.2, 0) is 35.4 Å². The van der Waals surface area contributed by atoms with Gasteiger partial charge in [0.05, 0.1) is 0 Å². The fourth-order valence-corrected chi connectivity index (χ4v) is 3.97. The third kappa shape index (κ3) is 7.27. The normalized spacial score (nSPS) is 11.6. The van der Waals surface area contributed by atoms with E-state index in [2.05, 4.69) is 36.5 Å². The molecule has 0 aromatic heterocycles. The van der Waals surface area contributed by atoms with Crippen LogP contribution >= 0.6 is 0 Å². The van der Waals surface area contributed by atoms with Crippen LogP contribution < -0.4 is 5.32 Å². The Bertz CT molecular complexity index is 1050. The van der Waals surface area contributed by atoms with Crippen LogP contribution in [0.5, 0.6) is 0 Å². The minimum absolute atomic E-state index is 0.101. The second kappa shape index (κ2) is 12.7. The maximum Gasteiger partial charge on any atom is 0.243 e. The fourth-order valence-electron chi connectivity index (χ4n) is 3.97. The lowest BCUT2D eigenvalue weighted by atomic mass is 10.0. The van der Waals surface area contributed by atoms with Gasteiger partial charge in [-0.2, -0.15) is 0 Å². The van der Waals surface area contributed by atoms with Crippen LogP contribution in [0.25, 0.3) is 0 Å². The molecule has 1 unspecified atom stereocenters. The van der Waals surface area contributed by atoms with Gasteiger partial charge in [-0.05, 0) is 54.2 Å². The van der Waals surface area contributed by atoms with Crippen molar-refractivity contribution in [2.75, 3.05) is 6.54 Å². The van der Waals surface area contributed by atoms with Crippen LogP contribution in [0.1, 0.15) is 42.5 Å². The molecule has 0 aliphatic carbocycles. The molecular formula is C29H33FN2O2. The second-order valence-corrected chi connectivity index (χ2v) is 8.42. The molecule has 3 aromatic rings. The number of halogens is 1. The number of carbonyl (C=O) groups excluding carboxylic acids is 2. The van der Waals surface area contributed by atoms with Crippen molar-refractivity contribution in [1.29, 1.82) is 0 Å². The van der Waals surface area contributed by atoms with Crippen molar-refractivity contribution in [3.63, 3.8) is 0 Å². The van der Waals surface area contributed by atoms with E-state index in [1.807, 2.05) is 37.3 Å². The summed E-state index contributed by atoms with van der Waals surface area (Å²) in [5.41, 5.74) is 4.10. The zero-order chi connectivity index (χ0) is 24.3. The standard InChI is InChI=1S/C29H33FN2O2/c1-3-22-10-12-23(13-11-22)16-19-28(33)32(21-25-14-17-26(30)18-15-25)27(29(34)31-4-2)20-24-8-6-5-7-9-24/h5-15,17-18,27H,3-4,16,19-21H2,1-2H3,(H,31,34). The van der Waals surface area contributed by atoms with Crippen molar-refractivity contribution >= 4 is 11.8 Å². The summed E-state index contributed by atoms with van der Waals surface area (Å²) in [7, 11) is 0. The van der Waals surface area contributed by atoms with Gasteiger partial charge in [0.15, 0.2) is 0 Å². The summed E-state index contributed by atoms with van der Waals surface area (Å²) in [6, 6.07) is 23.4. The van der Waals surface area contributed by atoms with E-state index in [9.17, 15) is 14.0 Å². The van der Waals surface area contributed by atoms with Crippen LogP contribution in [0.15, 0.2) is 78.9 Å². The maximum atomic E-state index is 13.5. The average Bonchev–Trinajstić information content (AvgIpc) is 2.87. The molecule has 0 fully saturated rings. The molecule has 3 rings (SSSR count). The lowest BCUT2D eigenvalue weighted by Crippen LogP contribution is -2.50. The SMILES string of the molecule is CCNC(=O)C(Cc1ccccc1)N(Cc1ccc(F)cc1)C(=O)CCc1ccc(CC)cc1. The summed E-state index contributed by atoms with van der Waals surface area (Å²) in [5, 5.41) is 2.89. The average molecular weight is 461 g/mol. The predicted molar refractivity (Wildman–Crippen MR) is 134 cm³/mol. The van der Waals surface area contributed by atoms with E-state index < -0.39 is 6.04 Å². The Balaban J connectivity index is 1.85. The molecule has 2 amide bonds. The van der Waals surface area contributed by atoms with Gasteiger partial charge < -0.3 is 10.2 Å². The summed E-state index contributed by atoms with van der Waals surface area (Å²) in [6.45, 7) is 4.69. The number of hydrogen-bond acceptors (Lipinski definition) is 2. The molecule has 3 aromatic carbocycles. The number of nitrogens with one attached hydrogen (secondary N) is 1. The van der Waals surface area contributed by atoms with Gasteiger partial charge in [-0.15, -0.1) is 0 Å². The highest BCUT2D eigenvalue weighted by molar-refractivity contribution is 5.88. The smallest absolute Gasteiger partial charge is 0.243 e. The van der Waals surface area contributed by atoms with E-state index in [1.54, 1.807) is 17.0 Å². The molecule has 34 heavy (non-hydrogen) atoms. The number of carbonyl (C=O) groups is 2. The third-order valence-corrected chi connectivity index (χ3v) is 5.95. The van der Waals surface area contributed by atoms with E-state index in [0.717, 1.165) is 23.1 Å². The van der Waals surface area contributed by atoms with Crippen molar-refractivity contribution in [2.45, 2.75) is 52.1 Å². The van der Waals surface area contributed by atoms with Crippen molar-refractivity contribution in [2.24, 2.45) is 0 Å². The van der Waals surface area contributed by atoms with E-state index in [0.29, 0.717) is 19.4 Å².